The van der Waals surface area contributed by atoms with Crippen molar-refractivity contribution in [3.63, 3.8) is 0 Å². The van der Waals surface area contributed by atoms with Crippen LogP contribution in [0, 0.1) is 0 Å². The van der Waals surface area contributed by atoms with E-state index in [1.807, 2.05) is 48.8 Å². The third-order valence-electron chi connectivity index (χ3n) is 4.75. The Kier molecular flexibility index (Phi) is 3.30. The number of nitrogens with zero attached hydrogens (tertiary/aromatic N) is 2. The smallest absolute Gasteiger partial charge is 0.235 e. The molecule has 0 saturated heterocycles. The van der Waals surface area contributed by atoms with Crippen LogP contribution in [0.15, 0.2) is 61.2 Å². The highest BCUT2D eigenvalue weighted by molar-refractivity contribution is 6.01. The van der Waals surface area contributed by atoms with Crippen molar-refractivity contribution in [2.45, 2.75) is 24.7 Å². The number of pyridine rings is 2. The lowest BCUT2D eigenvalue weighted by atomic mass is 9.64. The lowest BCUT2D eigenvalue weighted by Gasteiger charge is -2.40. The van der Waals surface area contributed by atoms with E-state index in [-0.39, 0.29) is 5.91 Å². The first kappa shape index (κ1) is 13.9. The van der Waals surface area contributed by atoms with Crippen molar-refractivity contribution in [1.82, 2.24) is 9.97 Å². The number of benzene rings is 1. The fourth-order valence-corrected chi connectivity index (χ4v) is 3.23. The van der Waals surface area contributed by atoms with E-state index in [0.29, 0.717) is 0 Å². The number of anilines is 1. The van der Waals surface area contributed by atoms with Crippen LogP contribution in [0.3, 0.4) is 0 Å². The highest BCUT2D eigenvalue weighted by Gasteiger charge is 2.45. The minimum absolute atomic E-state index is 0.0603. The molecule has 0 aliphatic heterocycles. The van der Waals surface area contributed by atoms with E-state index in [0.717, 1.165) is 41.3 Å². The number of nitrogens with one attached hydrogen (secondary N) is 1. The molecule has 1 saturated carbocycles. The van der Waals surface area contributed by atoms with Gasteiger partial charge in [0, 0.05) is 35.9 Å². The van der Waals surface area contributed by atoms with Crippen LogP contribution in [-0.2, 0) is 10.2 Å². The molecule has 0 radical (unpaired) electrons. The lowest BCUT2D eigenvalue weighted by molar-refractivity contribution is -0.124. The molecule has 2 heterocycles. The first-order valence-electron chi connectivity index (χ1n) is 7.84. The summed E-state index contributed by atoms with van der Waals surface area (Å²) in [5.74, 6) is 0.0603. The normalized spacial score (nSPS) is 15.8. The Labute approximate surface area is 134 Å². The Hall–Kier alpha value is -2.75. The van der Waals surface area contributed by atoms with Crippen LogP contribution >= 0.6 is 0 Å². The van der Waals surface area contributed by atoms with Crippen LogP contribution in [0.1, 0.15) is 24.8 Å². The quantitative estimate of drug-likeness (QED) is 0.803. The zero-order chi connectivity index (χ0) is 15.7. The first-order chi connectivity index (χ1) is 11.3. The monoisotopic (exact) mass is 303 g/mol. The molecule has 114 valence electrons. The Morgan fingerprint density at radius 1 is 1.00 bits per heavy atom. The Morgan fingerprint density at radius 2 is 1.87 bits per heavy atom. The van der Waals surface area contributed by atoms with Crippen molar-refractivity contribution in [3.8, 4) is 0 Å². The summed E-state index contributed by atoms with van der Waals surface area (Å²) in [5, 5.41) is 5.23. The van der Waals surface area contributed by atoms with Crippen molar-refractivity contribution in [3.05, 3.63) is 66.7 Å². The molecule has 2 aromatic heterocycles. The molecule has 1 aliphatic carbocycles. The van der Waals surface area contributed by atoms with E-state index >= 15 is 0 Å². The molecular formula is C19H17N3O. The number of fused-ring (bicyclic) bond motifs is 1. The van der Waals surface area contributed by atoms with E-state index in [4.69, 9.17) is 0 Å². The van der Waals surface area contributed by atoms with Gasteiger partial charge in [-0.1, -0.05) is 18.6 Å². The molecule has 1 amide bonds. The van der Waals surface area contributed by atoms with Crippen LogP contribution in [-0.4, -0.2) is 15.9 Å². The van der Waals surface area contributed by atoms with E-state index in [1.165, 1.54) is 0 Å². The van der Waals surface area contributed by atoms with Crippen molar-refractivity contribution in [2.24, 2.45) is 0 Å². The van der Waals surface area contributed by atoms with Gasteiger partial charge in [-0.25, -0.2) is 0 Å². The molecule has 0 bridgehead atoms. The summed E-state index contributed by atoms with van der Waals surface area (Å²) in [4.78, 5) is 21.2. The van der Waals surface area contributed by atoms with Gasteiger partial charge >= 0.3 is 0 Å². The molecule has 0 spiro atoms. The number of carbonyl (C=O) groups is 1. The van der Waals surface area contributed by atoms with E-state index in [1.54, 1.807) is 12.4 Å². The highest BCUT2D eigenvalue weighted by Crippen LogP contribution is 2.44. The SMILES string of the molecule is O=C(Nc1ccc2cnccc2c1)C1(c2cccnc2)CCC1. The molecule has 23 heavy (non-hydrogen) atoms. The molecule has 4 rings (SSSR count). The molecule has 1 N–H and O–H groups in total. The topological polar surface area (TPSA) is 54.9 Å². The van der Waals surface area contributed by atoms with Gasteiger partial charge in [0.2, 0.25) is 5.91 Å². The van der Waals surface area contributed by atoms with Gasteiger partial charge < -0.3 is 5.32 Å². The van der Waals surface area contributed by atoms with Crippen molar-refractivity contribution in [1.29, 1.82) is 0 Å². The maximum absolute atomic E-state index is 12.9. The number of aromatic nitrogens is 2. The van der Waals surface area contributed by atoms with Crippen LogP contribution in [0.4, 0.5) is 5.69 Å². The third kappa shape index (κ3) is 2.36. The molecule has 0 unspecified atom stereocenters. The average Bonchev–Trinajstić information content (AvgIpc) is 2.55. The first-order valence-corrected chi connectivity index (χ1v) is 7.84. The van der Waals surface area contributed by atoms with Gasteiger partial charge in [0.05, 0.1) is 5.41 Å². The zero-order valence-corrected chi connectivity index (χ0v) is 12.7. The summed E-state index contributed by atoms with van der Waals surface area (Å²) in [7, 11) is 0. The second-order valence-corrected chi connectivity index (χ2v) is 6.07. The molecule has 3 aromatic rings. The lowest BCUT2D eigenvalue weighted by Crippen LogP contribution is -2.46. The molecular weight excluding hydrogens is 286 g/mol. The number of amides is 1. The number of rotatable bonds is 3. The summed E-state index contributed by atoms with van der Waals surface area (Å²) in [6.45, 7) is 0. The Morgan fingerprint density at radius 3 is 2.61 bits per heavy atom. The summed E-state index contributed by atoms with van der Waals surface area (Å²) in [6, 6.07) is 11.7. The molecule has 4 nitrogen and oxygen atoms in total. The number of carbonyl (C=O) groups excluding carboxylic acids is 1. The predicted octanol–water partition coefficient (Wildman–Crippen LogP) is 3.69. The summed E-state index contributed by atoms with van der Waals surface area (Å²) in [5.41, 5.74) is 1.40. The Bertz CT molecular complexity index is 857. The zero-order valence-electron chi connectivity index (χ0n) is 12.7. The van der Waals surface area contributed by atoms with E-state index < -0.39 is 5.41 Å². The summed E-state index contributed by atoms with van der Waals surface area (Å²) in [6.07, 6.45) is 9.96. The fraction of sp³-hybridized carbons (Fsp3) is 0.211. The second kappa shape index (κ2) is 5.47. The fourth-order valence-electron chi connectivity index (χ4n) is 3.23. The van der Waals surface area contributed by atoms with Gasteiger partial charge in [0.25, 0.3) is 0 Å². The maximum Gasteiger partial charge on any atom is 0.235 e. The number of hydrogen-bond acceptors (Lipinski definition) is 3. The van der Waals surface area contributed by atoms with Gasteiger partial charge in [-0.3, -0.25) is 14.8 Å². The van der Waals surface area contributed by atoms with Gasteiger partial charge in [-0.15, -0.1) is 0 Å². The van der Waals surface area contributed by atoms with Crippen LogP contribution in [0.25, 0.3) is 10.8 Å². The van der Waals surface area contributed by atoms with E-state index in [9.17, 15) is 4.79 Å². The molecule has 4 heteroatoms. The Balaban J connectivity index is 1.63. The standard InChI is InChI=1S/C19H17N3O/c23-18(19(7-2-8-19)16-3-1-9-20-13-16)22-17-5-4-15-12-21-10-6-14(15)11-17/h1,3-6,9-13H,2,7-8H2,(H,22,23). The van der Waals surface area contributed by atoms with Gasteiger partial charge in [-0.2, -0.15) is 0 Å². The summed E-state index contributed by atoms with van der Waals surface area (Å²) < 4.78 is 0. The maximum atomic E-state index is 12.9. The average molecular weight is 303 g/mol. The van der Waals surface area contributed by atoms with Crippen LogP contribution in [0.5, 0.6) is 0 Å². The van der Waals surface area contributed by atoms with Gasteiger partial charge in [-0.05, 0) is 48.1 Å². The highest BCUT2D eigenvalue weighted by atomic mass is 16.2. The van der Waals surface area contributed by atoms with Crippen molar-refractivity contribution >= 4 is 22.4 Å². The second-order valence-electron chi connectivity index (χ2n) is 6.07. The minimum Gasteiger partial charge on any atom is -0.325 e. The molecule has 0 atom stereocenters. The predicted molar refractivity (Wildman–Crippen MR) is 90.1 cm³/mol. The van der Waals surface area contributed by atoms with Crippen LogP contribution in [0.2, 0.25) is 0 Å². The van der Waals surface area contributed by atoms with E-state index in [2.05, 4.69) is 15.3 Å². The van der Waals surface area contributed by atoms with Crippen molar-refractivity contribution < 1.29 is 4.79 Å². The molecule has 1 aromatic carbocycles. The summed E-state index contributed by atoms with van der Waals surface area (Å²) >= 11 is 0. The third-order valence-corrected chi connectivity index (χ3v) is 4.75. The molecule has 1 aliphatic rings. The minimum atomic E-state index is -0.429. The van der Waals surface area contributed by atoms with Gasteiger partial charge in [0.15, 0.2) is 0 Å². The number of hydrogen-bond donors (Lipinski definition) is 1. The van der Waals surface area contributed by atoms with Gasteiger partial charge in [0.1, 0.15) is 0 Å². The molecule has 1 fully saturated rings. The van der Waals surface area contributed by atoms with Crippen LogP contribution < -0.4 is 5.32 Å². The van der Waals surface area contributed by atoms with Crippen molar-refractivity contribution in [2.75, 3.05) is 5.32 Å². The largest absolute Gasteiger partial charge is 0.325 e.